The Kier molecular flexibility index (Phi) is 2.83. The zero-order valence-electron chi connectivity index (χ0n) is 7.67. The van der Waals surface area contributed by atoms with Gasteiger partial charge in [-0.1, -0.05) is 0 Å². The number of hydrogen-bond acceptors (Lipinski definition) is 1. The van der Waals surface area contributed by atoms with E-state index in [0.717, 1.165) is 11.2 Å². The minimum Gasteiger partial charge on any atom is -0.322 e. The third kappa shape index (κ3) is 1.78. The van der Waals surface area contributed by atoms with E-state index in [0.29, 0.717) is 12.8 Å². The molecule has 1 aliphatic rings. The molecule has 0 aliphatic heterocycles. The van der Waals surface area contributed by atoms with Gasteiger partial charge in [0.25, 0.3) is 6.43 Å². The molecular weight excluding hydrogens is 181 g/mol. The van der Waals surface area contributed by atoms with Gasteiger partial charge in [-0.25, -0.2) is 13.2 Å². The lowest BCUT2D eigenvalue weighted by molar-refractivity contribution is 0.00161. The number of rotatable bonds is 4. The van der Waals surface area contributed by atoms with E-state index >= 15 is 0 Å². The van der Waals surface area contributed by atoms with Crippen LogP contribution in [0, 0.1) is 0 Å². The molecular formula is C8H13F3N2. The van der Waals surface area contributed by atoms with Gasteiger partial charge in [0.15, 0.2) is 6.30 Å². The van der Waals surface area contributed by atoms with Crippen LogP contribution in [-0.2, 0) is 0 Å². The first-order valence-corrected chi connectivity index (χ1v) is 4.17. The summed E-state index contributed by atoms with van der Waals surface area (Å²) < 4.78 is 38.0. The minimum atomic E-state index is -2.51. The maximum atomic E-state index is 13.0. The van der Waals surface area contributed by atoms with Crippen LogP contribution in [-0.4, -0.2) is 36.5 Å². The third-order valence-electron chi connectivity index (χ3n) is 2.31. The van der Waals surface area contributed by atoms with Crippen LogP contribution in [0.25, 0.3) is 0 Å². The Balaban J connectivity index is 2.75. The fourth-order valence-electron chi connectivity index (χ4n) is 1.40. The van der Waals surface area contributed by atoms with Gasteiger partial charge in [0, 0.05) is 7.05 Å². The summed E-state index contributed by atoms with van der Waals surface area (Å²) in [5, 5.41) is 0. The Morgan fingerprint density at radius 3 is 2.15 bits per heavy atom. The summed E-state index contributed by atoms with van der Waals surface area (Å²) in [4.78, 5) is 4.59. The molecule has 0 aromatic carbocycles. The molecule has 0 aromatic heterocycles. The predicted molar refractivity (Wildman–Crippen MR) is 44.8 cm³/mol. The van der Waals surface area contributed by atoms with E-state index in [2.05, 4.69) is 4.99 Å². The highest BCUT2D eigenvalue weighted by molar-refractivity contribution is 5.57. The molecule has 1 saturated carbocycles. The van der Waals surface area contributed by atoms with Gasteiger partial charge < -0.3 is 4.90 Å². The van der Waals surface area contributed by atoms with Crippen LogP contribution in [0.4, 0.5) is 13.2 Å². The summed E-state index contributed by atoms with van der Waals surface area (Å²) in [6, 6.07) is 0. The summed E-state index contributed by atoms with van der Waals surface area (Å²) in [7, 11) is 1.44. The van der Waals surface area contributed by atoms with Crippen LogP contribution in [0.3, 0.4) is 0 Å². The van der Waals surface area contributed by atoms with Gasteiger partial charge in [0.1, 0.15) is 5.54 Å². The third-order valence-corrected chi connectivity index (χ3v) is 2.31. The summed E-state index contributed by atoms with van der Waals surface area (Å²) in [5.74, 6) is 0. The molecule has 0 amide bonds. The molecule has 0 spiro atoms. The first-order chi connectivity index (χ1) is 6.04. The molecule has 0 N–H and O–H groups in total. The van der Waals surface area contributed by atoms with Gasteiger partial charge in [-0.3, -0.25) is 4.99 Å². The van der Waals surface area contributed by atoms with Crippen LogP contribution in [0.1, 0.15) is 19.8 Å². The van der Waals surface area contributed by atoms with Crippen molar-refractivity contribution in [3.63, 3.8) is 0 Å². The van der Waals surface area contributed by atoms with Crippen LogP contribution in [0.15, 0.2) is 4.99 Å². The van der Waals surface area contributed by atoms with Crippen molar-refractivity contribution < 1.29 is 13.2 Å². The number of nitrogens with zero attached hydrogens (tertiary/aromatic N) is 2. The molecule has 2 nitrogen and oxygen atoms in total. The van der Waals surface area contributed by atoms with Crippen molar-refractivity contribution in [1.82, 2.24) is 4.90 Å². The van der Waals surface area contributed by atoms with Crippen LogP contribution in [0.5, 0.6) is 0 Å². The highest BCUT2D eigenvalue weighted by Crippen LogP contribution is 2.47. The lowest BCUT2D eigenvalue weighted by atomic mass is 10.2. The lowest BCUT2D eigenvalue weighted by Gasteiger charge is -2.30. The minimum absolute atomic E-state index is 0.338. The molecule has 1 atom stereocenters. The van der Waals surface area contributed by atoms with Crippen molar-refractivity contribution >= 4 is 6.34 Å². The number of aliphatic imine (C=N–C) groups is 1. The molecule has 13 heavy (non-hydrogen) atoms. The van der Waals surface area contributed by atoms with E-state index in [1.165, 1.54) is 14.0 Å². The van der Waals surface area contributed by atoms with Crippen molar-refractivity contribution in [3.05, 3.63) is 0 Å². The molecule has 1 aliphatic carbocycles. The molecule has 0 bridgehead atoms. The quantitative estimate of drug-likeness (QED) is 0.380. The Bertz CT molecular complexity index is 200. The zero-order chi connectivity index (χ0) is 10.1. The molecule has 0 aromatic rings. The van der Waals surface area contributed by atoms with Gasteiger partial charge in [0.05, 0.1) is 6.34 Å². The fourth-order valence-corrected chi connectivity index (χ4v) is 1.40. The maximum Gasteiger partial charge on any atom is 0.261 e. The fraction of sp³-hybridized carbons (Fsp3) is 0.875. The summed E-state index contributed by atoms with van der Waals surface area (Å²) in [6.07, 6.45) is -2.09. The Morgan fingerprint density at radius 1 is 1.38 bits per heavy atom. The molecule has 0 saturated heterocycles. The molecule has 0 heterocycles. The maximum absolute atomic E-state index is 13.0. The second-order valence-electron chi connectivity index (χ2n) is 3.26. The van der Waals surface area contributed by atoms with Crippen molar-refractivity contribution in [3.8, 4) is 0 Å². The molecule has 1 rings (SSSR count). The van der Waals surface area contributed by atoms with E-state index in [4.69, 9.17) is 0 Å². The van der Waals surface area contributed by atoms with E-state index in [1.54, 1.807) is 0 Å². The van der Waals surface area contributed by atoms with Crippen LogP contribution in [0.2, 0.25) is 0 Å². The van der Waals surface area contributed by atoms with Crippen LogP contribution < -0.4 is 0 Å². The Morgan fingerprint density at radius 2 is 1.92 bits per heavy atom. The number of halogens is 3. The predicted octanol–water partition coefficient (Wildman–Crippen LogP) is 2.06. The van der Waals surface area contributed by atoms with Crippen molar-refractivity contribution in [2.24, 2.45) is 4.99 Å². The van der Waals surface area contributed by atoms with Gasteiger partial charge in [-0.15, -0.1) is 0 Å². The Labute approximate surface area is 75.4 Å². The van der Waals surface area contributed by atoms with Crippen molar-refractivity contribution in [1.29, 1.82) is 0 Å². The Hall–Kier alpha value is -0.740. The highest BCUT2D eigenvalue weighted by atomic mass is 19.3. The molecule has 1 fully saturated rings. The lowest BCUT2D eigenvalue weighted by Crippen LogP contribution is -2.45. The van der Waals surface area contributed by atoms with Gasteiger partial charge >= 0.3 is 0 Å². The van der Waals surface area contributed by atoms with Crippen LogP contribution >= 0.6 is 0 Å². The second kappa shape index (κ2) is 3.55. The first kappa shape index (κ1) is 10.3. The average Bonchev–Trinajstić information content (AvgIpc) is 2.79. The molecule has 5 heteroatoms. The monoisotopic (exact) mass is 194 g/mol. The molecule has 1 unspecified atom stereocenters. The van der Waals surface area contributed by atoms with E-state index < -0.39 is 18.3 Å². The number of hydrogen-bond donors (Lipinski definition) is 0. The topological polar surface area (TPSA) is 15.6 Å². The summed E-state index contributed by atoms with van der Waals surface area (Å²) in [6.45, 7) is 1.24. The number of alkyl halides is 3. The van der Waals surface area contributed by atoms with Crippen molar-refractivity contribution in [2.45, 2.75) is 38.0 Å². The van der Waals surface area contributed by atoms with Gasteiger partial charge in [-0.2, -0.15) is 0 Å². The van der Waals surface area contributed by atoms with E-state index in [1.807, 2.05) is 0 Å². The largest absolute Gasteiger partial charge is 0.322 e. The average molecular weight is 194 g/mol. The second-order valence-corrected chi connectivity index (χ2v) is 3.26. The highest BCUT2D eigenvalue weighted by Gasteiger charge is 2.56. The van der Waals surface area contributed by atoms with E-state index in [9.17, 15) is 13.2 Å². The standard InChI is InChI=1S/C8H13F3N2/c1-6(9)13(5-12-2)8(3-4-8)7(10)11/h5-7H,3-4H2,1-2H3/b12-5-. The smallest absolute Gasteiger partial charge is 0.261 e. The van der Waals surface area contributed by atoms with Gasteiger partial charge in [0.2, 0.25) is 0 Å². The SMILES string of the molecule is C/N=C\N(C(C)F)C1(C(F)F)CC1. The van der Waals surface area contributed by atoms with Crippen molar-refractivity contribution in [2.75, 3.05) is 7.05 Å². The normalized spacial score (nSPS) is 22.3. The molecule has 76 valence electrons. The van der Waals surface area contributed by atoms with Gasteiger partial charge in [-0.05, 0) is 19.8 Å². The first-order valence-electron chi connectivity index (χ1n) is 4.17. The summed E-state index contributed by atoms with van der Waals surface area (Å²) in [5.41, 5.74) is -1.28. The summed E-state index contributed by atoms with van der Waals surface area (Å²) >= 11 is 0. The molecule has 0 radical (unpaired) electrons. The zero-order valence-corrected chi connectivity index (χ0v) is 7.67. The van der Waals surface area contributed by atoms with E-state index in [-0.39, 0.29) is 0 Å².